The van der Waals surface area contributed by atoms with E-state index in [1.807, 2.05) is 13.8 Å². The molecule has 9 heavy (non-hydrogen) atoms. The Labute approximate surface area is 55.7 Å². The predicted molar refractivity (Wildman–Crippen MR) is 35.8 cm³/mol. The largest absolute Gasteiger partial charge is 0.373 e. The molecule has 0 aromatic rings. The van der Waals surface area contributed by atoms with Crippen molar-refractivity contribution in [2.24, 2.45) is 5.84 Å². The molecule has 0 bridgehead atoms. The first-order chi connectivity index (χ1) is 4.18. The summed E-state index contributed by atoms with van der Waals surface area (Å²) in [5, 5.41) is 1.80. The van der Waals surface area contributed by atoms with E-state index in [0.717, 1.165) is 13.1 Å². The van der Waals surface area contributed by atoms with Gasteiger partial charge in [-0.2, -0.15) is 0 Å². The molecule has 0 amide bonds. The summed E-state index contributed by atoms with van der Waals surface area (Å²) in [5.74, 6) is 5.57. The summed E-state index contributed by atoms with van der Waals surface area (Å²) in [6.07, 6.45) is 0.581. The summed E-state index contributed by atoms with van der Waals surface area (Å²) in [7, 11) is 0. The van der Waals surface area contributed by atoms with Gasteiger partial charge in [0.15, 0.2) is 0 Å². The maximum absolute atomic E-state index is 5.57. The summed E-state index contributed by atoms with van der Waals surface area (Å²) in [5.41, 5.74) is 0. The van der Waals surface area contributed by atoms with E-state index in [4.69, 9.17) is 10.6 Å². The summed E-state index contributed by atoms with van der Waals surface area (Å²) in [6, 6.07) is 0. The molecule has 0 aromatic carbocycles. The average molecular weight is 130 g/mol. The van der Waals surface area contributed by atoms with Gasteiger partial charge in [0.05, 0.1) is 12.2 Å². The molecule has 2 atom stereocenters. The minimum absolute atomic E-state index is 0.291. The Bertz CT molecular complexity index is 72.0. The Morgan fingerprint density at radius 3 is 2.11 bits per heavy atom. The van der Waals surface area contributed by atoms with Crippen molar-refractivity contribution < 1.29 is 4.74 Å². The van der Waals surface area contributed by atoms with Crippen LogP contribution in [0.25, 0.3) is 0 Å². The Hall–Kier alpha value is -0.120. The standard InChI is InChI=1S/C6H14N2O/c1-5-3-8(7)4-6(2)9-5/h5-6H,3-4,7H2,1-2H3/t5-,6-/m1/s1. The molecule has 0 aromatic heterocycles. The monoisotopic (exact) mass is 130 g/mol. The van der Waals surface area contributed by atoms with E-state index >= 15 is 0 Å². The number of nitrogens with zero attached hydrogens (tertiary/aromatic N) is 1. The Morgan fingerprint density at radius 1 is 1.33 bits per heavy atom. The van der Waals surface area contributed by atoms with Gasteiger partial charge in [0.1, 0.15) is 0 Å². The fraction of sp³-hybridized carbons (Fsp3) is 1.00. The molecule has 1 saturated heterocycles. The van der Waals surface area contributed by atoms with Crippen LogP contribution in [0.3, 0.4) is 0 Å². The van der Waals surface area contributed by atoms with Gasteiger partial charge in [-0.3, -0.25) is 5.84 Å². The molecule has 0 saturated carbocycles. The van der Waals surface area contributed by atoms with E-state index in [9.17, 15) is 0 Å². The summed E-state index contributed by atoms with van der Waals surface area (Å²) in [6.45, 7) is 5.78. The molecular formula is C6H14N2O. The second kappa shape index (κ2) is 2.64. The Morgan fingerprint density at radius 2 is 1.78 bits per heavy atom. The third-order valence-corrected chi connectivity index (χ3v) is 1.45. The fourth-order valence-corrected chi connectivity index (χ4v) is 1.22. The highest BCUT2D eigenvalue weighted by Crippen LogP contribution is 2.05. The number of nitrogens with two attached hydrogens (primary N) is 1. The second-order valence-electron chi connectivity index (χ2n) is 2.71. The van der Waals surface area contributed by atoms with Crippen LogP contribution < -0.4 is 5.84 Å². The van der Waals surface area contributed by atoms with Gasteiger partial charge < -0.3 is 4.74 Å². The van der Waals surface area contributed by atoms with Gasteiger partial charge >= 0.3 is 0 Å². The van der Waals surface area contributed by atoms with Gasteiger partial charge in [0.2, 0.25) is 0 Å². The third-order valence-electron chi connectivity index (χ3n) is 1.45. The van der Waals surface area contributed by atoms with Crippen LogP contribution >= 0.6 is 0 Å². The van der Waals surface area contributed by atoms with Gasteiger partial charge in [-0.1, -0.05) is 0 Å². The third kappa shape index (κ3) is 1.93. The molecule has 3 heteroatoms. The van der Waals surface area contributed by atoms with Crippen LogP contribution in [0, 0.1) is 0 Å². The lowest BCUT2D eigenvalue weighted by Crippen LogP contribution is -2.48. The number of hydrazine groups is 1. The van der Waals surface area contributed by atoms with Crippen molar-refractivity contribution in [2.75, 3.05) is 13.1 Å². The second-order valence-corrected chi connectivity index (χ2v) is 2.71. The summed E-state index contributed by atoms with van der Waals surface area (Å²) in [4.78, 5) is 0. The molecule has 0 unspecified atom stereocenters. The summed E-state index contributed by atoms with van der Waals surface area (Å²) >= 11 is 0. The first-order valence-corrected chi connectivity index (χ1v) is 3.33. The SMILES string of the molecule is C[C@@H]1CN(N)C[C@@H](C)O1. The molecule has 2 N–H and O–H groups in total. The number of rotatable bonds is 0. The van der Waals surface area contributed by atoms with E-state index in [1.54, 1.807) is 5.01 Å². The van der Waals surface area contributed by atoms with E-state index in [-0.39, 0.29) is 0 Å². The normalized spacial score (nSPS) is 39.0. The van der Waals surface area contributed by atoms with Crippen molar-refractivity contribution in [3.05, 3.63) is 0 Å². The molecule has 1 rings (SSSR count). The zero-order valence-electron chi connectivity index (χ0n) is 6.00. The minimum Gasteiger partial charge on any atom is -0.373 e. The van der Waals surface area contributed by atoms with Crippen LogP contribution in [0.2, 0.25) is 0 Å². The van der Waals surface area contributed by atoms with Crippen LogP contribution in [0.4, 0.5) is 0 Å². The van der Waals surface area contributed by atoms with Crippen molar-refractivity contribution in [2.45, 2.75) is 26.1 Å². The van der Waals surface area contributed by atoms with E-state index < -0.39 is 0 Å². The first kappa shape index (κ1) is 6.99. The van der Waals surface area contributed by atoms with Gasteiger partial charge in [-0.15, -0.1) is 0 Å². The number of hydrogen-bond donors (Lipinski definition) is 1. The van der Waals surface area contributed by atoms with Crippen molar-refractivity contribution in [3.63, 3.8) is 0 Å². The molecule has 1 aliphatic rings. The number of morpholine rings is 1. The number of hydrogen-bond acceptors (Lipinski definition) is 3. The Kier molecular flexibility index (Phi) is 2.05. The predicted octanol–water partition coefficient (Wildman–Crippen LogP) is -0.0307. The van der Waals surface area contributed by atoms with Crippen molar-refractivity contribution >= 4 is 0 Å². The lowest BCUT2D eigenvalue weighted by atomic mass is 10.3. The molecule has 0 aliphatic carbocycles. The molecule has 0 spiro atoms. The molecule has 1 fully saturated rings. The highest BCUT2D eigenvalue weighted by molar-refractivity contribution is 4.67. The quantitative estimate of drug-likeness (QED) is 0.468. The number of ether oxygens (including phenoxy) is 1. The molecule has 54 valence electrons. The Balaban J connectivity index is 2.34. The molecule has 3 nitrogen and oxygen atoms in total. The van der Waals surface area contributed by atoms with Crippen LogP contribution in [0.1, 0.15) is 13.8 Å². The molecule has 0 radical (unpaired) electrons. The maximum atomic E-state index is 5.57. The van der Waals surface area contributed by atoms with Gasteiger partial charge in [-0.05, 0) is 13.8 Å². The minimum atomic E-state index is 0.291. The van der Waals surface area contributed by atoms with Crippen molar-refractivity contribution in [3.8, 4) is 0 Å². The summed E-state index contributed by atoms with van der Waals surface area (Å²) < 4.78 is 5.43. The highest BCUT2D eigenvalue weighted by Gasteiger charge is 2.18. The van der Waals surface area contributed by atoms with Crippen molar-refractivity contribution in [1.29, 1.82) is 0 Å². The van der Waals surface area contributed by atoms with Crippen LogP contribution in [0.15, 0.2) is 0 Å². The molecule has 1 aliphatic heterocycles. The van der Waals surface area contributed by atoms with Crippen molar-refractivity contribution in [1.82, 2.24) is 5.01 Å². The van der Waals surface area contributed by atoms with Crippen LogP contribution in [-0.4, -0.2) is 30.3 Å². The van der Waals surface area contributed by atoms with E-state index in [1.165, 1.54) is 0 Å². The van der Waals surface area contributed by atoms with Gasteiger partial charge in [0.25, 0.3) is 0 Å². The maximum Gasteiger partial charge on any atom is 0.0692 e. The zero-order valence-corrected chi connectivity index (χ0v) is 6.00. The van der Waals surface area contributed by atoms with Crippen LogP contribution in [-0.2, 0) is 4.74 Å². The topological polar surface area (TPSA) is 38.5 Å². The van der Waals surface area contributed by atoms with E-state index in [0.29, 0.717) is 12.2 Å². The average Bonchev–Trinajstić information content (AvgIpc) is 1.59. The van der Waals surface area contributed by atoms with Gasteiger partial charge in [-0.25, -0.2) is 5.01 Å². The lowest BCUT2D eigenvalue weighted by Gasteiger charge is -2.31. The zero-order chi connectivity index (χ0) is 6.85. The van der Waals surface area contributed by atoms with E-state index in [2.05, 4.69) is 0 Å². The smallest absolute Gasteiger partial charge is 0.0692 e. The lowest BCUT2D eigenvalue weighted by molar-refractivity contribution is -0.0684. The first-order valence-electron chi connectivity index (χ1n) is 3.33. The fourth-order valence-electron chi connectivity index (χ4n) is 1.22. The highest BCUT2D eigenvalue weighted by atomic mass is 16.5. The van der Waals surface area contributed by atoms with Gasteiger partial charge in [0, 0.05) is 13.1 Å². The van der Waals surface area contributed by atoms with Crippen LogP contribution in [0.5, 0.6) is 0 Å². The molecule has 1 heterocycles. The molecular weight excluding hydrogens is 116 g/mol.